The molecule has 1 saturated heterocycles. The van der Waals surface area contributed by atoms with Crippen LogP contribution in [-0.2, 0) is 14.7 Å². The number of aliphatic hydroxyl groups excluding tert-OH is 1. The molecule has 0 aromatic rings. The van der Waals surface area contributed by atoms with Crippen LogP contribution in [0.15, 0.2) is 36.5 Å². The number of fused-ring (bicyclic) bond motifs is 2. The molecule has 5 rings (SSSR count). The molecule has 3 aliphatic carbocycles. The molecule has 1 fully saturated rings. The number of hydrogen-bond donors (Lipinski definition) is 4. The highest BCUT2D eigenvalue weighted by Gasteiger charge is 2.47. The molecule has 0 spiro atoms. The number of rotatable bonds is 4. The highest BCUT2D eigenvalue weighted by atomic mass is 17.2. The molecule has 5 aliphatic rings. The van der Waals surface area contributed by atoms with Crippen molar-refractivity contribution in [2.45, 2.75) is 123 Å². The standard InChI is InChI=1S/C10H18O3.C10H16O2.C10H18O2/c1-7(2)10(11)5-4-8(3)9(6-10)13-12;1-8(2)10-6-4-9(3,5-7-10)11-12-10;1-7(2)10(12)5-4-8(3)9(11)6-10/h4-5,7-9,11-12H,6H2,1-3H3;4,6,8H,5,7H2,1-3H3;4-5,7-9,11-12H,6H2,1-3H3. The van der Waals surface area contributed by atoms with Crippen molar-refractivity contribution in [2.75, 3.05) is 0 Å². The summed E-state index contributed by atoms with van der Waals surface area (Å²) in [4.78, 5) is 15.1. The van der Waals surface area contributed by atoms with Gasteiger partial charge in [-0.3, -0.25) is 5.26 Å². The van der Waals surface area contributed by atoms with E-state index in [4.69, 9.17) is 15.0 Å². The molecule has 2 bridgehead atoms. The maximum absolute atomic E-state index is 10.1. The van der Waals surface area contributed by atoms with E-state index in [1.54, 1.807) is 0 Å². The molecule has 0 aromatic heterocycles. The fourth-order valence-electron chi connectivity index (χ4n) is 4.86. The van der Waals surface area contributed by atoms with Crippen LogP contribution < -0.4 is 0 Å². The lowest BCUT2D eigenvalue weighted by atomic mass is 9.76. The SMILES string of the molecule is CC(C)C12C=CC(C)(CC1)OO2.CC1C=CC(O)(C(C)C)CC1O.CC1C=CC(O)(C(C)C)CC1OO. The van der Waals surface area contributed by atoms with Gasteiger partial charge >= 0.3 is 0 Å². The van der Waals surface area contributed by atoms with Gasteiger partial charge < -0.3 is 15.3 Å². The molecule has 7 heteroatoms. The van der Waals surface area contributed by atoms with Crippen molar-refractivity contribution < 1.29 is 35.2 Å². The highest BCUT2D eigenvalue weighted by Crippen LogP contribution is 2.44. The van der Waals surface area contributed by atoms with Crippen LogP contribution in [0.5, 0.6) is 0 Å². The summed E-state index contributed by atoms with van der Waals surface area (Å²) in [5.41, 5.74) is -1.93. The summed E-state index contributed by atoms with van der Waals surface area (Å²) in [6.07, 6.45) is 14.1. The molecule has 0 aromatic carbocycles. The van der Waals surface area contributed by atoms with Gasteiger partial charge in [0.1, 0.15) is 17.3 Å². The molecular weight excluding hydrogens is 472 g/mol. The predicted molar refractivity (Wildman–Crippen MR) is 145 cm³/mol. The van der Waals surface area contributed by atoms with Crippen LogP contribution in [0, 0.1) is 29.6 Å². The second kappa shape index (κ2) is 12.4. The average Bonchev–Trinajstić information content (AvgIpc) is 2.84. The zero-order valence-corrected chi connectivity index (χ0v) is 24.3. The van der Waals surface area contributed by atoms with Gasteiger partial charge in [0.05, 0.1) is 17.3 Å². The second-order valence-corrected chi connectivity index (χ2v) is 12.8. The van der Waals surface area contributed by atoms with Crippen LogP contribution in [0.3, 0.4) is 0 Å². The first-order chi connectivity index (χ1) is 17.0. The van der Waals surface area contributed by atoms with Crippen molar-refractivity contribution in [3.8, 4) is 0 Å². The normalized spacial score (nSPS) is 42.5. The molecular formula is C30H52O7. The Morgan fingerprint density at radius 1 is 0.757 bits per heavy atom. The summed E-state index contributed by atoms with van der Waals surface area (Å²) in [6.45, 7) is 18.2. The smallest absolute Gasteiger partial charge is 0.124 e. The highest BCUT2D eigenvalue weighted by molar-refractivity contribution is 5.17. The molecule has 8 unspecified atom stereocenters. The Labute approximate surface area is 224 Å². The molecule has 0 saturated carbocycles. The Morgan fingerprint density at radius 3 is 1.68 bits per heavy atom. The van der Waals surface area contributed by atoms with Crippen molar-refractivity contribution in [3.05, 3.63) is 36.5 Å². The maximum Gasteiger partial charge on any atom is 0.124 e. The Balaban J connectivity index is 0.000000195. The van der Waals surface area contributed by atoms with E-state index in [1.807, 2.05) is 65.8 Å². The van der Waals surface area contributed by atoms with E-state index in [1.165, 1.54) is 0 Å². The van der Waals surface area contributed by atoms with Gasteiger partial charge in [-0.05, 0) is 37.5 Å². The lowest BCUT2D eigenvalue weighted by Crippen LogP contribution is -2.50. The average molecular weight is 525 g/mol. The van der Waals surface area contributed by atoms with Crippen molar-refractivity contribution in [3.63, 3.8) is 0 Å². The molecule has 7 nitrogen and oxygen atoms in total. The predicted octanol–water partition coefficient (Wildman–Crippen LogP) is 5.61. The second-order valence-electron chi connectivity index (χ2n) is 12.8. The maximum atomic E-state index is 10.1. The van der Waals surface area contributed by atoms with Crippen LogP contribution in [0.1, 0.15) is 88.0 Å². The van der Waals surface area contributed by atoms with E-state index < -0.39 is 17.3 Å². The van der Waals surface area contributed by atoms with Crippen molar-refractivity contribution in [2.24, 2.45) is 29.6 Å². The van der Waals surface area contributed by atoms with E-state index in [0.29, 0.717) is 18.8 Å². The van der Waals surface area contributed by atoms with Gasteiger partial charge in [-0.1, -0.05) is 91.8 Å². The minimum atomic E-state index is -0.833. The summed E-state index contributed by atoms with van der Waals surface area (Å²) in [7, 11) is 0. The minimum absolute atomic E-state index is 0.133. The Hall–Kier alpha value is -1.06. The van der Waals surface area contributed by atoms with Gasteiger partial charge in [-0.25, -0.2) is 14.7 Å². The zero-order valence-electron chi connectivity index (χ0n) is 24.3. The fourth-order valence-corrected chi connectivity index (χ4v) is 4.86. The van der Waals surface area contributed by atoms with Crippen LogP contribution in [0.4, 0.5) is 0 Å². The summed E-state index contributed by atoms with van der Waals surface area (Å²) in [5.74, 6) is 1.11. The van der Waals surface area contributed by atoms with E-state index >= 15 is 0 Å². The largest absolute Gasteiger partial charge is 0.392 e. The summed E-state index contributed by atoms with van der Waals surface area (Å²) in [5, 5.41) is 38.3. The monoisotopic (exact) mass is 524 g/mol. The quantitative estimate of drug-likeness (QED) is 0.215. The number of hydrogen-bond acceptors (Lipinski definition) is 7. The van der Waals surface area contributed by atoms with Crippen LogP contribution in [-0.4, -0.2) is 55.2 Å². The third kappa shape index (κ3) is 7.75. The molecule has 2 aliphatic heterocycles. The van der Waals surface area contributed by atoms with Crippen LogP contribution in [0.25, 0.3) is 0 Å². The van der Waals surface area contributed by atoms with E-state index in [2.05, 4.69) is 37.8 Å². The molecule has 37 heavy (non-hydrogen) atoms. The van der Waals surface area contributed by atoms with Gasteiger partial charge in [0.2, 0.25) is 0 Å². The molecule has 214 valence electrons. The van der Waals surface area contributed by atoms with Crippen LogP contribution in [0.2, 0.25) is 0 Å². The van der Waals surface area contributed by atoms with Gasteiger partial charge in [-0.15, -0.1) is 0 Å². The molecule has 0 amide bonds. The molecule has 2 heterocycles. The minimum Gasteiger partial charge on any atom is -0.392 e. The fraction of sp³-hybridized carbons (Fsp3) is 0.800. The van der Waals surface area contributed by atoms with Gasteiger partial charge in [0, 0.05) is 24.7 Å². The Bertz CT molecular complexity index is 809. The van der Waals surface area contributed by atoms with Gasteiger partial charge in [-0.2, -0.15) is 0 Å². The summed E-state index contributed by atoms with van der Waals surface area (Å²) >= 11 is 0. The lowest BCUT2D eigenvalue weighted by Gasteiger charge is -2.47. The summed E-state index contributed by atoms with van der Waals surface area (Å²) < 4.78 is 0. The van der Waals surface area contributed by atoms with E-state index in [9.17, 15) is 15.3 Å². The zero-order chi connectivity index (χ0) is 28.2. The van der Waals surface area contributed by atoms with Crippen molar-refractivity contribution in [1.82, 2.24) is 0 Å². The van der Waals surface area contributed by atoms with Gasteiger partial charge in [0.15, 0.2) is 0 Å². The molecule has 4 N–H and O–H groups in total. The Kier molecular flexibility index (Phi) is 10.8. The van der Waals surface area contributed by atoms with E-state index in [-0.39, 0.29) is 41.0 Å². The number of aliphatic hydroxyl groups is 3. The first kappa shape index (κ1) is 32.2. The Morgan fingerprint density at radius 2 is 1.30 bits per heavy atom. The lowest BCUT2D eigenvalue weighted by molar-refractivity contribution is -0.431. The van der Waals surface area contributed by atoms with Crippen LogP contribution >= 0.6 is 0 Å². The third-order valence-electron chi connectivity index (χ3n) is 8.86. The molecule has 0 radical (unpaired) electrons. The third-order valence-corrected chi connectivity index (χ3v) is 8.86. The topological polar surface area (TPSA) is 109 Å². The van der Waals surface area contributed by atoms with Crippen molar-refractivity contribution in [1.29, 1.82) is 0 Å². The molecule has 8 atom stereocenters. The first-order valence-corrected chi connectivity index (χ1v) is 13.9. The first-order valence-electron chi connectivity index (χ1n) is 13.9. The van der Waals surface area contributed by atoms with Gasteiger partial charge in [0.25, 0.3) is 0 Å². The van der Waals surface area contributed by atoms with Crippen molar-refractivity contribution >= 4 is 0 Å². The summed E-state index contributed by atoms with van der Waals surface area (Å²) in [6, 6.07) is 0. The van der Waals surface area contributed by atoms with E-state index in [0.717, 1.165) is 12.8 Å².